The molecular formula is C21H21F3N4O4. The first-order valence-electron chi connectivity index (χ1n) is 9.99. The van der Waals surface area contributed by atoms with E-state index in [0.29, 0.717) is 24.7 Å². The van der Waals surface area contributed by atoms with Crippen LogP contribution >= 0.6 is 0 Å². The second-order valence-electron chi connectivity index (χ2n) is 7.47. The zero-order chi connectivity index (χ0) is 23.3. The summed E-state index contributed by atoms with van der Waals surface area (Å²) >= 11 is 0. The number of piperidine rings is 1. The number of rotatable bonds is 7. The van der Waals surface area contributed by atoms with Gasteiger partial charge in [-0.3, -0.25) is 14.9 Å². The van der Waals surface area contributed by atoms with Crippen LogP contribution in [-0.2, 0) is 17.5 Å². The zero-order valence-corrected chi connectivity index (χ0v) is 17.0. The molecule has 3 rings (SSSR count). The third-order valence-corrected chi connectivity index (χ3v) is 5.42. The first-order valence-corrected chi connectivity index (χ1v) is 9.99. The number of hydrogen-bond donors (Lipinski definition) is 0. The van der Waals surface area contributed by atoms with Crippen molar-refractivity contribution in [2.75, 3.05) is 24.5 Å². The summed E-state index contributed by atoms with van der Waals surface area (Å²) in [6, 6.07) is 7.94. The lowest BCUT2D eigenvalue weighted by Crippen LogP contribution is -2.42. The summed E-state index contributed by atoms with van der Waals surface area (Å²) in [5.74, 6) is 0.0979. The van der Waals surface area contributed by atoms with Gasteiger partial charge in [-0.25, -0.2) is 0 Å². The van der Waals surface area contributed by atoms with E-state index in [1.54, 1.807) is 21.9 Å². The van der Waals surface area contributed by atoms with Crippen LogP contribution in [-0.4, -0.2) is 35.4 Å². The quantitative estimate of drug-likeness (QED) is 0.459. The second kappa shape index (κ2) is 9.72. The maximum absolute atomic E-state index is 13.0. The van der Waals surface area contributed by atoms with E-state index in [1.165, 1.54) is 6.26 Å². The Hall–Kier alpha value is -3.55. The number of hydrogen-bond acceptors (Lipinski definition) is 6. The summed E-state index contributed by atoms with van der Waals surface area (Å²) in [5, 5.41) is 20.3. The van der Waals surface area contributed by atoms with Crippen LogP contribution in [0.4, 0.5) is 24.5 Å². The van der Waals surface area contributed by atoms with Gasteiger partial charge in [0.2, 0.25) is 5.91 Å². The molecule has 8 nitrogen and oxygen atoms in total. The molecule has 0 atom stereocenters. The highest BCUT2D eigenvalue weighted by Crippen LogP contribution is 2.37. The molecule has 1 saturated heterocycles. The number of nitriles is 1. The molecule has 1 aromatic heterocycles. The molecule has 0 saturated carbocycles. The van der Waals surface area contributed by atoms with E-state index < -0.39 is 22.4 Å². The van der Waals surface area contributed by atoms with Crippen molar-refractivity contribution in [1.82, 2.24) is 4.90 Å². The SMILES string of the molecule is N#CCCN(Cc1ccco1)C(=O)C1CCN(c2ccc(C(F)(F)F)cc2[N+](=O)[O-])CC1. The highest BCUT2D eigenvalue weighted by Gasteiger charge is 2.35. The molecule has 0 spiro atoms. The molecule has 1 aliphatic rings. The zero-order valence-electron chi connectivity index (χ0n) is 17.0. The van der Waals surface area contributed by atoms with Crippen LogP contribution in [0.25, 0.3) is 0 Å². The number of benzene rings is 1. The van der Waals surface area contributed by atoms with Crippen molar-refractivity contribution in [2.24, 2.45) is 5.92 Å². The number of nitrogens with zero attached hydrogens (tertiary/aromatic N) is 4. The van der Waals surface area contributed by atoms with Crippen molar-refractivity contribution >= 4 is 17.3 Å². The second-order valence-corrected chi connectivity index (χ2v) is 7.47. The summed E-state index contributed by atoms with van der Waals surface area (Å²) in [4.78, 5) is 26.8. The summed E-state index contributed by atoms with van der Waals surface area (Å²) in [5.41, 5.74) is -1.59. The number of halogens is 3. The predicted octanol–water partition coefficient (Wildman–Crippen LogP) is 4.37. The lowest BCUT2D eigenvalue weighted by Gasteiger charge is -2.35. The van der Waals surface area contributed by atoms with E-state index in [0.717, 1.165) is 12.1 Å². The summed E-state index contributed by atoms with van der Waals surface area (Å²) < 4.78 is 44.1. The largest absolute Gasteiger partial charge is 0.467 e. The Morgan fingerprint density at radius 2 is 2.03 bits per heavy atom. The Balaban J connectivity index is 1.70. The topological polar surface area (TPSA) is 104 Å². The molecule has 2 heterocycles. The minimum absolute atomic E-state index is 0.103. The van der Waals surface area contributed by atoms with Gasteiger partial charge in [0.15, 0.2) is 0 Å². The molecule has 1 fully saturated rings. The Morgan fingerprint density at radius 1 is 1.31 bits per heavy atom. The number of nitro groups is 1. The van der Waals surface area contributed by atoms with Gasteiger partial charge in [0.25, 0.3) is 5.69 Å². The van der Waals surface area contributed by atoms with Gasteiger partial charge in [-0.2, -0.15) is 18.4 Å². The highest BCUT2D eigenvalue weighted by molar-refractivity contribution is 5.79. The molecular weight excluding hydrogens is 429 g/mol. The fourth-order valence-electron chi connectivity index (χ4n) is 3.78. The van der Waals surface area contributed by atoms with Gasteiger partial charge in [0.1, 0.15) is 11.4 Å². The number of carbonyl (C=O) groups is 1. The molecule has 0 aliphatic carbocycles. The van der Waals surface area contributed by atoms with Crippen molar-refractivity contribution in [1.29, 1.82) is 5.26 Å². The molecule has 170 valence electrons. The van der Waals surface area contributed by atoms with Crippen molar-refractivity contribution in [3.8, 4) is 6.07 Å². The number of alkyl halides is 3. The number of amides is 1. The van der Waals surface area contributed by atoms with E-state index in [9.17, 15) is 28.1 Å². The van der Waals surface area contributed by atoms with Crippen LogP contribution in [0, 0.1) is 27.4 Å². The highest BCUT2D eigenvalue weighted by atomic mass is 19.4. The third kappa shape index (κ3) is 5.38. The minimum atomic E-state index is -4.68. The Morgan fingerprint density at radius 3 is 2.59 bits per heavy atom. The number of furan rings is 1. The summed E-state index contributed by atoms with van der Waals surface area (Å²) in [6.45, 7) is 1.06. The molecule has 1 aliphatic heterocycles. The smallest absolute Gasteiger partial charge is 0.416 e. The average Bonchev–Trinajstić information content (AvgIpc) is 3.28. The fraction of sp³-hybridized carbons (Fsp3) is 0.429. The van der Waals surface area contributed by atoms with Crippen molar-refractivity contribution in [3.05, 3.63) is 58.0 Å². The van der Waals surface area contributed by atoms with Crippen molar-refractivity contribution in [2.45, 2.75) is 32.0 Å². The number of nitro benzene ring substituents is 1. The van der Waals surface area contributed by atoms with Gasteiger partial charge in [-0.1, -0.05) is 0 Å². The first kappa shape index (κ1) is 23.1. The van der Waals surface area contributed by atoms with Gasteiger partial charge in [-0.15, -0.1) is 0 Å². The van der Waals surface area contributed by atoms with Gasteiger partial charge < -0.3 is 14.2 Å². The van der Waals surface area contributed by atoms with Crippen LogP contribution in [0.5, 0.6) is 0 Å². The molecule has 1 aromatic carbocycles. The third-order valence-electron chi connectivity index (χ3n) is 5.42. The molecule has 0 bridgehead atoms. The van der Waals surface area contributed by atoms with Crippen LogP contribution in [0.2, 0.25) is 0 Å². The minimum Gasteiger partial charge on any atom is -0.467 e. The van der Waals surface area contributed by atoms with Crippen LogP contribution in [0.1, 0.15) is 30.6 Å². The Kier molecular flexibility index (Phi) is 7.02. The number of anilines is 1. The van der Waals surface area contributed by atoms with E-state index in [-0.39, 0.29) is 50.1 Å². The standard InChI is InChI=1S/C21H21F3N4O4/c22-21(23,24)16-4-5-18(19(13-16)28(30)31)26-10-6-15(7-11-26)20(29)27(9-2-8-25)14-17-3-1-12-32-17/h1,3-5,12-13,15H,2,6-7,9-11,14H2. The van der Waals surface area contributed by atoms with E-state index in [2.05, 4.69) is 0 Å². The molecule has 1 amide bonds. The van der Waals surface area contributed by atoms with Crippen molar-refractivity contribution < 1.29 is 27.3 Å². The van der Waals surface area contributed by atoms with Crippen LogP contribution in [0.3, 0.4) is 0 Å². The van der Waals surface area contributed by atoms with E-state index in [1.807, 2.05) is 6.07 Å². The maximum Gasteiger partial charge on any atom is 0.416 e. The lowest BCUT2D eigenvalue weighted by molar-refractivity contribution is -0.384. The summed E-state index contributed by atoms with van der Waals surface area (Å²) in [6.07, 6.45) is -2.24. The molecule has 0 unspecified atom stereocenters. The molecule has 2 aromatic rings. The van der Waals surface area contributed by atoms with E-state index >= 15 is 0 Å². The monoisotopic (exact) mass is 450 g/mol. The Bertz CT molecular complexity index is 993. The van der Waals surface area contributed by atoms with Gasteiger partial charge in [0.05, 0.1) is 35.8 Å². The Labute approximate surface area is 182 Å². The normalized spacial score (nSPS) is 14.8. The lowest BCUT2D eigenvalue weighted by atomic mass is 9.94. The average molecular weight is 450 g/mol. The van der Waals surface area contributed by atoms with E-state index in [4.69, 9.17) is 9.68 Å². The molecule has 32 heavy (non-hydrogen) atoms. The summed E-state index contributed by atoms with van der Waals surface area (Å²) in [7, 11) is 0. The molecule has 0 N–H and O–H groups in total. The van der Waals surface area contributed by atoms with Crippen LogP contribution in [0.15, 0.2) is 41.0 Å². The van der Waals surface area contributed by atoms with Gasteiger partial charge in [-0.05, 0) is 37.1 Å². The van der Waals surface area contributed by atoms with Gasteiger partial charge >= 0.3 is 6.18 Å². The number of carbonyl (C=O) groups excluding carboxylic acids is 1. The molecule has 0 radical (unpaired) electrons. The van der Waals surface area contributed by atoms with Crippen LogP contribution < -0.4 is 4.90 Å². The van der Waals surface area contributed by atoms with Gasteiger partial charge in [0, 0.05) is 31.6 Å². The molecule has 11 heteroatoms. The van der Waals surface area contributed by atoms with Crippen molar-refractivity contribution in [3.63, 3.8) is 0 Å². The predicted molar refractivity (Wildman–Crippen MR) is 107 cm³/mol. The first-order chi connectivity index (χ1) is 15.2. The maximum atomic E-state index is 13.0. The fourth-order valence-corrected chi connectivity index (χ4v) is 3.78.